The molecule has 2 fully saturated rings. The van der Waals surface area contributed by atoms with E-state index in [1.54, 1.807) is 11.3 Å². The maximum Gasteiger partial charge on any atom is 0.317 e. The van der Waals surface area contributed by atoms with E-state index >= 15 is 0 Å². The van der Waals surface area contributed by atoms with E-state index in [1.807, 2.05) is 30.2 Å². The molecule has 9 heteroatoms. The number of aromatic nitrogens is 3. The van der Waals surface area contributed by atoms with E-state index in [0.717, 1.165) is 46.7 Å². The summed E-state index contributed by atoms with van der Waals surface area (Å²) in [4.78, 5) is 22.6. The molecule has 1 saturated heterocycles. The predicted molar refractivity (Wildman–Crippen MR) is 144 cm³/mol. The molecule has 1 aromatic carbocycles. The standard InChI is InChI=1S/C26H37N7OS/c1-5-18-10-12-19(13-11-18)21-22(27-20-8-6-7-9-20)33-24(28-21)35-25(30-33)32-16-14-31(15-17-32)23(34)29-26(2,3)4/h10-13,20,27H,5-9,14-17H2,1-4H3,(H,29,34). The molecule has 2 N–H and O–H groups in total. The van der Waals surface area contributed by atoms with Crippen molar-refractivity contribution in [2.45, 2.75) is 71.4 Å². The Morgan fingerprint density at radius 1 is 1.09 bits per heavy atom. The number of benzene rings is 1. The summed E-state index contributed by atoms with van der Waals surface area (Å²) in [5.74, 6) is 1.00. The zero-order chi connectivity index (χ0) is 24.6. The lowest BCUT2D eigenvalue weighted by molar-refractivity contribution is 0.185. The van der Waals surface area contributed by atoms with Crippen LogP contribution in [0.2, 0.25) is 0 Å². The minimum atomic E-state index is -0.230. The summed E-state index contributed by atoms with van der Waals surface area (Å²) in [7, 11) is 0. The average Bonchev–Trinajstić information content (AvgIpc) is 3.56. The number of fused-ring (bicyclic) bond motifs is 1. The Labute approximate surface area is 211 Å². The average molecular weight is 496 g/mol. The van der Waals surface area contributed by atoms with Crippen LogP contribution in [0.25, 0.3) is 16.2 Å². The molecule has 2 amide bonds. The molecule has 5 rings (SSSR count). The number of aryl methyl sites for hydroxylation is 1. The van der Waals surface area contributed by atoms with Gasteiger partial charge in [0.1, 0.15) is 5.69 Å². The lowest BCUT2D eigenvalue weighted by Gasteiger charge is -2.36. The van der Waals surface area contributed by atoms with Gasteiger partial charge >= 0.3 is 6.03 Å². The van der Waals surface area contributed by atoms with Gasteiger partial charge in [0, 0.05) is 43.3 Å². The second-order valence-electron chi connectivity index (χ2n) is 10.7. The molecule has 1 aliphatic carbocycles. The highest BCUT2D eigenvalue weighted by atomic mass is 32.1. The molecule has 35 heavy (non-hydrogen) atoms. The summed E-state index contributed by atoms with van der Waals surface area (Å²) < 4.78 is 2.00. The fraction of sp³-hybridized carbons (Fsp3) is 0.577. The Kier molecular flexibility index (Phi) is 6.61. The van der Waals surface area contributed by atoms with Gasteiger partial charge in [-0.3, -0.25) is 0 Å². The molecule has 1 aliphatic heterocycles. The van der Waals surface area contributed by atoms with Crippen molar-refractivity contribution in [1.82, 2.24) is 24.8 Å². The molecule has 0 bridgehead atoms. The summed E-state index contributed by atoms with van der Waals surface area (Å²) in [6.07, 6.45) is 5.96. The highest BCUT2D eigenvalue weighted by molar-refractivity contribution is 7.20. The molecular weight excluding hydrogens is 458 g/mol. The summed E-state index contributed by atoms with van der Waals surface area (Å²) in [5, 5.41) is 12.8. The largest absolute Gasteiger partial charge is 0.365 e. The third-order valence-electron chi connectivity index (χ3n) is 6.84. The van der Waals surface area contributed by atoms with Crippen molar-refractivity contribution in [3.8, 4) is 11.3 Å². The maximum absolute atomic E-state index is 12.5. The smallest absolute Gasteiger partial charge is 0.317 e. The summed E-state index contributed by atoms with van der Waals surface area (Å²) in [6.45, 7) is 11.1. The Bertz CT molecular complexity index is 1160. The monoisotopic (exact) mass is 495 g/mol. The summed E-state index contributed by atoms with van der Waals surface area (Å²) >= 11 is 1.63. The fourth-order valence-electron chi connectivity index (χ4n) is 4.86. The Morgan fingerprint density at radius 2 is 1.77 bits per heavy atom. The molecule has 2 aliphatic rings. The number of anilines is 2. The Hall–Kier alpha value is -2.81. The second-order valence-corrected chi connectivity index (χ2v) is 11.7. The van der Waals surface area contributed by atoms with Crippen molar-refractivity contribution in [2.24, 2.45) is 0 Å². The highest BCUT2D eigenvalue weighted by Gasteiger charge is 2.27. The van der Waals surface area contributed by atoms with Crippen LogP contribution in [-0.2, 0) is 6.42 Å². The molecule has 0 atom stereocenters. The third-order valence-corrected chi connectivity index (χ3v) is 7.81. The van der Waals surface area contributed by atoms with Gasteiger partial charge in [-0.1, -0.05) is 55.4 Å². The molecule has 0 spiro atoms. The molecule has 188 valence electrons. The van der Waals surface area contributed by atoms with E-state index in [2.05, 4.69) is 46.7 Å². The number of urea groups is 1. The van der Waals surface area contributed by atoms with Crippen molar-refractivity contribution in [1.29, 1.82) is 0 Å². The zero-order valence-electron chi connectivity index (χ0n) is 21.3. The number of piperazine rings is 1. The molecule has 8 nitrogen and oxygen atoms in total. The van der Waals surface area contributed by atoms with Crippen LogP contribution in [0.5, 0.6) is 0 Å². The third kappa shape index (κ3) is 5.24. The van der Waals surface area contributed by atoms with Gasteiger partial charge in [0.25, 0.3) is 0 Å². The van der Waals surface area contributed by atoms with Crippen molar-refractivity contribution >= 4 is 33.3 Å². The van der Waals surface area contributed by atoms with Gasteiger partial charge in [-0.25, -0.2) is 9.78 Å². The lowest BCUT2D eigenvalue weighted by Crippen LogP contribution is -2.55. The number of nitrogens with zero attached hydrogens (tertiary/aromatic N) is 5. The van der Waals surface area contributed by atoms with Crippen LogP contribution in [0.1, 0.15) is 58.9 Å². The number of hydrogen-bond donors (Lipinski definition) is 2. The molecule has 3 heterocycles. The van der Waals surface area contributed by atoms with E-state index in [1.165, 1.54) is 31.2 Å². The minimum Gasteiger partial charge on any atom is -0.365 e. The van der Waals surface area contributed by atoms with Crippen molar-refractivity contribution in [3.05, 3.63) is 29.8 Å². The van der Waals surface area contributed by atoms with E-state index in [0.29, 0.717) is 19.1 Å². The van der Waals surface area contributed by atoms with Crippen molar-refractivity contribution in [2.75, 3.05) is 36.4 Å². The van der Waals surface area contributed by atoms with Gasteiger partial charge in [0.2, 0.25) is 10.1 Å². The first-order valence-electron chi connectivity index (χ1n) is 12.9. The van der Waals surface area contributed by atoms with Crippen LogP contribution < -0.4 is 15.5 Å². The molecule has 0 unspecified atom stereocenters. The number of imidazole rings is 1. The van der Waals surface area contributed by atoms with Crippen LogP contribution in [0.4, 0.5) is 15.7 Å². The highest BCUT2D eigenvalue weighted by Crippen LogP contribution is 2.35. The number of rotatable bonds is 5. The second kappa shape index (κ2) is 9.68. The van der Waals surface area contributed by atoms with Gasteiger partial charge in [-0.15, -0.1) is 5.10 Å². The molecule has 2 aromatic heterocycles. The molecular formula is C26H37N7OS. The number of amides is 2. The van der Waals surface area contributed by atoms with E-state index in [-0.39, 0.29) is 11.6 Å². The van der Waals surface area contributed by atoms with Gasteiger partial charge in [0.15, 0.2) is 5.82 Å². The van der Waals surface area contributed by atoms with Crippen LogP contribution in [0.3, 0.4) is 0 Å². The van der Waals surface area contributed by atoms with E-state index in [4.69, 9.17) is 10.1 Å². The minimum absolute atomic E-state index is 0.00729. The van der Waals surface area contributed by atoms with Crippen LogP contribution >= 0.6 is 11.3 Å². The molecule has 3 aromatic rings. The summed E-state index contributed by atoms with van der Waals surface area (Å²) in [5.41, 5.74) is 3.20. The first-order valence-corrected chi connectivity index (χ1v) is 13.7. The van der Waals surface area contributed by atoms with Gasteiger partial charge < -0.3 is 20.4 Å². The van der Waals surface area contributed by atoms with Crippen molar-refractivity contribution < 1.29 is 4.79 Å². The number of hydrogen-bond acceptors (Lipinski definition) is 6. The normalized spacial score (nSPS) is 17.4. The number of nitrogens with one attached hydrogen (secondary N) is 2. The topological polar surface area (TPSA) is 77.8 Å². The summed E-state index contributed by atoms with van der Waals surface area (Å²) in [6, 6.07) is 9.21. The number of carbonyl (C=O) groups is 1. The molecule has 1 saturated carbocycles. The van der Waals surface area contributed by atoms with Crippen LogP contribution in [0.15, 0.2) is 24.3 Å². The molecule has 0 radical (unpaired) electrons. The fourth-order valence-corrected chi connectivity index (χ4v) is 5.81. The Balaban J connectivity index is 1.37. The predicted octanol–water partition coefficient (Wildman–Crippen LogP) is 5.00. The quantitative estimate of drug-likeness (QED) is 0.521. The van der Waals surface area contributed by atoms with E-state index < -0.39 is 0 Å². The SMILES string of the molecule is CCc1ccc(-c2nc3sc(N4CCN(C(=O)NC(C)(C)C)CC4)nn3c2NC2CCCC2)cc1. The zero-order valence-corrected chi connectivity index (χ0v) is 22.1. The number of carbonyl (C=O) groups excluding carboxylic acids is 1. The van der Waals surface area contributed by atoms with Crippen LogP contribution in [0, 0.1) is 0 Å². The van der Waals surface area contributed by atoms with Crippen molar-refractivity contribution in [3.63, 3.8) is 0 Å². The van der Waals surface area contributed by atoms with Gasteiger partial charge in [0.05, 0.1) is 0 Å². The Morgan fingerprint density at radius 3 is 2.40 bits per heavy atom. The van der Waals surface area contributed by atoms with Gasteiger partial charge in [-0.2, -0.15) is 4.52 Å². The van der Waals surface area contributed by atoms with E-state index in [9.17, 15) is 4.79 Å². The van der Waals surface area contributed by atoms with Gasteiger partial charge in [-0.05, 0) is 45.6 Å². The lowest BCUT2D eigenvalue weighted by atomic mass is 10.1. The maximum atomic E-state index is 12.5. The first kappa shape index (κ1) is 23.9. The first-order chi connectivity index (χ1) is 16.8. The van der Waals surface area contributed by atoms with Crippen LogP contribution in [-0.4, -0.2) is 63.3 Å².